The van der Waals surface area contributed by atoms with Gasteiger partial charge in [-0.1, -0.05) is 54.3 Å². The van der Waals surface area contributed by atoms with Crippen LogP contribution in [-0.4, -0.2) is 32.9 Å². The number of nitrogens with zero attached hydrogens (tertiary/aromatic N) is 4. The fourth-order valence-electron chi connectivity index (χ4n) is 5.17. The SMILES string of the molecule is C=CCOC(=O)C1=C(C)N=c2s/c(=C\c3cn(-c4ccccc4)nc3-c3ccc(F)cc3)c(=O)n2[C@H]1c1ccc(OC(C)=O)cc1. The molecule has 0 aliphatic carbocycles. The van der Waals surface area contributed by atoms with Crippen molar-refractivity contribution in [1.82, 2.24) is 14.3 Å². The van der Waals surface area contributed by atoms with Crippen molar-refractivity contribution < 1.29 is 23.5 Å². The maximum atomic E-state index is 14.2. The Labute approximate surface area is 266 Å². The molecule has 0 radical (unpaired) electrons. The highest BCUT2D eigenvalue weighted by Crippen LogP contribution is 2.32. The lowest BCUT2D eigenvalue weighted by Crippen LogP contribution is -2.39. The Balaban J connectivity index is 1.53. The van der Waals surface area contributed by atoms with Crippen molar-refractivity contribution in [3.05, 3.63) is 146 Å². The summed E-state index contributed by atoms with van der Waals surface area (Å²) in [5.41, 5.74) is 3.47. The van der Waals surface area contributed by atoms with Crippen LogP contribution in [0, 0.1) is 5.82 Å². The first-order chi connectivity index (χ1) is 22.2. The van der Waals surface area contributed by atoms with Crippen molar-refractivity contribution >= 4 is 29.4 Å². The molecule has 0 saturated carbocycles. The third kappa shape index (κ3) is 6.00. The minimum Gasteiger partial charge on any atom is -0.458 e. The Morgan fingerprint density at radius 2 is 1.76 bits per heavy atom. The first kappa shape index (κ1) is 30.4. The van der Waals surface area contributed by atoms with Gasteiger partial charge in [-0.05, 0) is 67.1 Å². The molecular formula is C35H27FN4O5S. The molecule has 46 heavy (non-hydrogen) atoms. The highest BCUT2D eigenvalue weighted by atomic mass is 32.1. The van der Waals surface area contributed by atoms with Crippen molar-refractivity contribution in [1.29, 1.82) is 0 Å². The highest BCUT2D eigenvalue weighted by molar-refractivity contribution is 7.07. The van der Waals surface area contributed by atoms with E-state index >= 15 is 0 Å². The summed E-state index contributed by atoms with van der Waals surface area (Å²) in [5, 5.41) is 4.78. The zero-order valence-electron chi connectivity index (χ0n) is 24.8. The lowest BCUT2D eigenvalue weighted by molar-refractivity contribution is -0.138. The minimum atomic E-state index is -0.870. The van der Waals surface area contributed by atoms with Gasteiger partial charge in [-0.25, -0.2) is 18.9 Å². The number of ether oxygens (including phenoxy) is 2. The van der Waals surface area contributed by atoms with Crippen molar-refractivity contribution in [3.8, 4) is 22.7 Å². The van der Waals surface area contributed by atoms with E-state index in [2.05, 4.69) is 11.6 Å². The summed E-state index contributed by atoms with van der Waals surface area (Å²) in [7, 11) is 0. The molecule has 3 heterocycles. The quantitative estimate of drug-likeness (QED) is 0.137. The molecule has 2 aromatic heterocycles. The van der Waals surface area contributed by atoms with E-state index in [4.69, 9.17) is 14.6 Å². The van der Waals surface area contributed by atoms with Gasteiger partial charge >= 0.3 is 11.9 Å². The number of hydrogen-bond acceptors (Lipinski definition) is 8. The second-order valence-corrected chi connectivity index (χ2v) is 11.4. The number of allylic oxidation sites excluding steroid dienone is 1. The van der Waals surface area contributed by atoms with Crippen LogP contribution in [0.25, 0.3) is 23.0 Å². The molecule has 6 rings (SSSR count). The van der Waals surface area contributed by atoms with Gasteiger partial charge in [0, 0.05) is 24.2 Å². The van der Waals surface area contributed by atoms with Gasteiger partial charge in [0.25, 0.3) is 5.56 Å². The second-order valence-electron chi connectivity index (χ2n) is 10.4. The molecule has 1 aliphatic heterocycles. The van der Waals surface area contributed by atoms with Crippen LogP contribution in [0.15, 0.2) is 119 Å². The van der Waals surface area contributed by atoms with Crippen LogP contribution in [0.4, 0.5) is 4.39 Å². The lowest BCUT2D eigenvalue weighted by atomic mass is 9.96. The van der Waals surface area contributed by atoms with E-state index in [0.717, 1.165) is 5.69 Å². The molecule has 9 nitrogen and oxygen atoms in total. The summed E-state index contributed by atoms with van der Waals surface area (Å²) in [6.45, 7) is 6.59. The summed E-state index contributed by atoms with van der Waals surface area (Å²) in [4.78, 5) is 44.1. The largest absolute Gasteiger partial charge is 0.458 e. The van der Waals surface area contributed by atoms with Crippen molar-refractivity contribution in [2.45, 2.75) is 19.9 Å². The van der Waals surface area contributed by atoms with Crippen LogP contribution in [0.3, 0.4) is 0 Å². The van der Waals surface area contributed by atoms with Gasteiger partial charge in [0.15, 0.2) is 4.80 Å². The molecule has 0 amide bonds. The number of aromatic nitrogens is 3. The minimum absolute atomic E-state index is 0.0181. The molecule has 0 bridgehead atoms. The van der Waals surface area contributed by atoms with Gasteiger partial charge in [0.05, 0.1) is 27.5 Å². The van der Waals surface area contributed by atoms with Crippen LogP contribution in [-0.2, 0) is 14.3 Å². The smallest absolute Gasteiger partial charge is 0.338 e. The number of thiazole rings is 1. The Morgan fingerprint density at radius 3 is 2.43 bits per heavy atom. The number of fused-ring (bicyclic) bond motifs is 1. The highest BCUT2D eigenvalue weighted by Gasteiger charge is 2.33. The van der Waals surface area contributed by atoms with Crippen molar-refractivity contribution in [2.75, 3.05) is 6.61 Å². The fraction of sp³-hybridized carbons (Fsp3) is 0.114. The summed E-state index contributed by atoms with van der Waals surface area (Å²) < 4.78 is 27.9. The maximum Gasteiger partial charge on any atom is 0.338 e. The molecule has 11 heteroatoms. The summed E-state index contributed by atoms with van der Waals surface area (Å²) in [6.07, 6.45) is 4.99. The Kier molecular flexibility index (Phi) is 8.41. The lowest BCUT2D eigenvalue weighted by Gasteiger charge is -2.24. The predicted molar refractivity (Wildman–Crippen MR) is 172 cm³/mol. The molecule has 0 N–H and O–H groups in total. The second kappa shape index (κ2) is 12.7. The van der Waals surface area contributed by atoms with Gasteiger partial charge in [0.1, 0.15) is 23.9 Å². The Morgan fingerprint density at radius 1 is 1.04 bits per heavy atom. The number of esters is 2. The third-order valence-electron chi connectivity index (χ3n) is 7.20. The fourth-order valence-corrected chi connectivity index (χ4v) is 6.21. The Hall–Kier alpha value is -5.68. The van der Waals surface area contributed by atoms with E-state index in [0.29, 0.717) is 43.2 Å². The van der Waals surface area contributed by atoms with Crippen LogP contribution < -0.4 is 19.6 Å². The normalized spacial score (nSPS) is 14.4. The average Bonchev–Trinajstić information content (AvgIpc) is 3.60. The van der Waals surface area contributed by atoms with E-state index in [1.165, 1.54) is 41.0 Å². The van der Waals surface area contributed by atoms with Gasteiger partial charge in [0.2, 0.25) is 0 Å². The molecule has 0 spiro atoms. The first-order valence-electron chi connectivity index (χ1n) is 14.2. The van der Waals surface area contributed by atoms with Crippen molar-refractivity contribution in [2.24, 2.45) is 4.99 Å². The van der Waals surface area contributed by atoms with Gasteiger partial charge < -0.3 is 9.47 Å². The van der Waals surface area contributed by atoms with E-state index in [9.17, 15) is 18.8 Å². The topological polar surface area (TPSA) is 105 Å². The predicted octanol–water partition coefficient (Wildman–Crippen LogP) is 4.88. The monoisotopic (exact) mass is 634 g/mol. The number of carbonyl (C=O) groups excluding carboxylic acids is 2. The first-order valence-corrected chi connectivity index (χ1v) is 15.0. The van der Waals surface area contributed by atoms with E-state index in [1.54, 1.807) is 60.3 Å². The van der Waals surface area contributed by atoms with Crippen molar-refractivity contribution in [3.63, 3.8) is 0 Å². The average molecular weight is 635 g/mol. The molecule has 1 aliphatic rings. The van der Waals surface area contributed by atoms with Crippen LogP contribution in [0.5, 0.6) is 5.75 Å². The number of halogens is 1. The number of carbonyl (C=O) groups is 2. The third-order valence-corrected chi connectivity index (χ3v) is 8.18. The van der Waals surface area contributed by atoms with E-state index in [1.807, 2.05) is 30.3 Å². The van der Waals surface area contributed by atoms with E-state index < -0.39 is 18.0 Å². The van der Waals surface area contributed by atoms with Gasteiger partial charge in [-0.15, -0.1) is 0 Å². The molecule has 0 fully saturated rings. The van der Waals surface area contributed by atoms with Crippen LogP contribution in [0.2, 0.25) is 0 Å². The molecule has 230 valence electrons. The molecule has 0 unspecified atom stereocenters. The summed E-state index contributed by atoms with van der Waals surface area (Å²) >= 11 is 1.17. The molecular weight excluding hydrogens is 607 g/mol. The summed E-state index contributed by atoms with van der Waals surface area (Å²) in [5.74, 6) is -1.16. The van der Waals surface area contributed by atoms with Crippen LogP contribution >= 0.6 is 11.3 Å². The Bertz CT molecular complexity index is 2180. The zero-order chi connectivity index (χ0) is 32.4. The number of rotatable bonds is 8. The molecule has 1 atom stereocenters. The molecule has 5 aromatic rings. The number of para-hydroxylation sites is 1. The molecule has 3 aromatic carbocycles. The van der Waals surface area contributed by atoms with Gasteiger partial charge in [-0.2, -0.15) is 5.10 Å². The number of benzene rings is 3. The molecule has 0 saturated heterocycles. The van der Waals surface area contributed by atoms with E-state index in [-0.39, 0.29) is 23.6 Å². The standard InChI is InChI=1S/C35H27FN4O5S/c1-4-18-44-34(43)30-21(2)37-35-40(32(30)24-12-16-28(17-13-24)45-22(3)41)33(42)29(46-35)19-25-20-39(27-8-6-5-7-9-27)38-31(25)23-10-14-26(36)15-11-23/h4-17,19-20,32H,1,18H2,2-3H3/b29-19-/t32-/m0/s1. The number of hydrogen-bond donors (Lipinski definition) is 0. The van der Waals surface area contributed by atoms with Gasteiger partial charge in [-0.3, -0.25) is 14.2 Å². The maximum absolute atomic E-state index is 14.2. The zero-order valence-corrected chi connectivity index (χ0v) is 25.7. The van der Waals surface area contributed by atoms with Crippen LogP contribution in [0.1, 0.15) is 31.0 Å². The summed E-state index contributed by atoms with van der Waals surface area (Å²) in [6, 6.07) is 21.2.